The fourth-order valence-corrected chi connectivity index (χ4v) is 1.40. The molecule has 0 fully saturated rings. The smallest absolute Gasteiger partial charge is 0.131 e. The van der Waals surface area contributed by atoms with Crippen molar-refractivity contribution < 1.29 is 0 Å². The number of anilines is 3. The fourth-order valence-electron chi connectivity index (χ4n) is 1.40. The summed E-state index contributed by atoms with van der Waals surface area (Å²) in [6.45, 7) is 0. The highest BCUT2D eigenvalue weighted by atomic mass is 14.8. The van der Waals surface area contributed by atoms with Gasteiger partial charge in [-0.2, -0.15) is 0 Å². The molecule has 6 N–H and O–H groups in total. The van der Waals surface area contributed by atoms with Crippen molar-refractivity contribution in [2.45, 2.75) is 0 Å². The van der Waals surface area contributed by atoms with E-state index in [-0.39, 0.29) is 0 Å². The second kappa shape index (κ2) is 3.49. The number of nitrogen functional groups attached to an aromatic ring is 3. The van der Waals surface area contributed by atoms with Crippen LogP contribution in [0.25, 0.3) is 11.1 Å². The number of nitrogens with two attached hydrogens (primary N) is 3. The molecule has 0 amide bonds. The number of aromatic nitrogens is 1. The van der Waals surface area contributed by atoms with Gasteiger partial charge in [-0.15, -0.1) is 0 Å². The molecule has 2 rings (SSSR count). The minimum atomic E-state index is 0.488. The molecule has 0 radical (unpaired) electrons. The number of nitrogens with zero attached hydrogens (tertiary/aromatic N) is 1. The standard InChI is InChI=1S/C11H12N4/c12-9-4-3-7(6-10(9)13)8-2-1-5-15-11(8)14/h1-6H,12-13H2,(H2,14,15). The quantitative estimate of drug-likeness (QED) is 0.608. The van der Waals surface area contributed by atoms with E-state index in [1.807, 2.05) is 18.2 Å². The van der Waals surface area contributed by atoms with E-state index >= 15 is 0 Å². The van der Waals surface area contributed by atoms with Crippen molar-refractivity contribution in [3.63, 3.8) is 0 Å². The average molecular weight is 200 g/mol. The maximum absolute atomic E-state index is 5.76. The summed E-state index contributed by atoms with van der Waals surface area (Å²) in [6, 6.07) is 9.16. The summed E-state index contributed by atoms with van der Waals surface area (Å²) in [4.78, 5) is 4.01. The first-order valence-corrected chi connectivity index (χ1v) is 4.54. The highest BCUT2D eigenvalue weighted by Gasteiger charge is 2.04. The highest BCUT2D eigenvalue weighted by Crippen LogP contribution is 2.27. The summed E-state index contributed by atoms with van der Waals surface area (Å²) in [5, 5.41) is 0. The Morgan fingerprint density at radius 3 is 2.40 bits per heavy atom. The number of rotatable bonds is 1. The summed E-state index contributed by atoms with van der Waals surface area (Å²) >= 11 is 0. The molecule has 0 unspecified atom stereocenters. The van der Waals surface area contributed by atoms with Crippen LogP contribution in [0.2, 0.25) is 0 Å². The summed E-state index contributed by atoms with van der Waals surface area (Å²) in [5.41, 5.74) is 20.0. The number of benzene rings is 1. The number of hydrogen-bond donors (Lipinski definition) is 3. The van der Waals surface area contributed by atoms with Gasteiger partial charge in [0.15, 0.2) is 0 Å². The van der Waals surface area contributed by atoms with Gasteiger partial charge in [-0.1, -0.05) is 6.07 Å². The summed E-state index contributed by atoms with van der Waals surface area (Å²) in [7, 11) is 0. The van der Waals surface area contributed by atoms with E-state index in [2.05, 4.69) is 4.98 Å². The van der Waals surface area contributed by atoms with Gasteiger partial charge >= 0.3 is 0 Å². The van der Waals surface area contributed by atoms with Gasteiger partial charge in [0.25, 0.3) is 0 Å². The maximum Gasteiger partial charge on any atom is 0.131 e. The van der Waals surface area contributed by atoms with Crippen LogP contribution in [0.1, 0.15) is 0 Å². The van der Waals surface area contributed by atoms with E-state index in [9.17, 15) is 0 Å². The van der Waals surface area contributed by atoms with E-state index < -0.39 is 0 Å². The zero-order chi connectivity index (χ0) is 10.8. The predicted octanol–water partition coefficient (Wildman–Crippen LogP) is 1.50. The monoisotopic (exact) mass is 200 g/mol. The molecule has 0 spiro atoms. The van der Waals surface area contributed by atoms with Gasteiger partial charge in [0.1, 0.15) is 5.82 Å². The third-order valence-electron chi connectivity index (χ3n) is 2.24. The summed E-state index contributed by atoms with van der Waals surface area (Å²) in [5.74, 6) is 0.488. The van der Waals surface area contributed by atoms with Gasteiger partial charge in [-0.25, -0.2) is 4.98 Å². The van der Waals surface area contributed by atoms with Crippen LogP contribution in [0.5, 0.6) is 0 Å². The Labute approximate surface area is 87.7 Å². The molecule has 1 aromatic heterocycles. The van der Waals surface area contributed by atoms with Crippen LogP contribution < -0.4 is 17.2 Å². The van der Waals surface area contributed by atoms with Gasteiger partial charge in [-0.05, 0) is 29.8 Å². The van der Waals surface area contributed by atoms with Crippen molar-refractivity contribution in [2.75, 3.05) is 17.2 Å². The second-order valence-electron chi connectivity index (χ2n) is 3.28. The minimum Gasteiger partial charge on any atom is -0.397 e. The molecular weight excluding hydrogens is 188 g/mol. The molecule has 1 aromatic carbocycles. The first kappa shape index (κ1) is 9.33. The SMILES string of the molecule is Nc1ccc(-c2cccnc2N)cc1N. The minimum absolute atomic E-state index is 0.488. The third-order valence-corrected chi connectivity index (χ3v) is 2.24. The molecule has 0 saturated heterocycles. The molecular formula is C11H12N4. The average Bonchev–Trinajstić information content (AvgIpc) is 2.23. The Balaban J connectivity index is 2.55. The molecule has 0 aliphatic carbocycles. The molecule has 2 aromatic rings. The third kappa shape index (κ3) is 1.69. The second-order valence-corrected chi connectivity index (χ2v) is 3.28. The Morgan fingerprint density at radius 1 is 0.933 bits per heavy atom. The van der Waals surface area contributed by atoms with E-state index in [4.69, 9.17) is 17.2 Å². The molecule has 15 heavy (non-hydrogen) atoms. The summed E-state index contributed by atoms with van der Waals surface area (Å²) in [6.07, 6.45) is 1.65. The molecule has 4 nitrogen and oxygen atoms in total. The first-order chi connectivity index (χ1) is 7.18. The van der Waals surface area contributed by atoms with Crippen molar-refractivity contribution in [2.24, 2.45) is 0 Å². The molecule has 4 heteroatoms. The van der Waals surface area contributed by atoms with E-state index in [1.165, 1.54) is 0 Å². The lowest BCUT2D eigenvalue weighted by molar-refractivity contribution is 1.34. The van der Waals surface area contributed by atoms with Gasteiger partial charge in [0, 0.05) is 11.8 Å². The molecule has 0 atom stereocenters. The van der Waals surface area contributed by atoms with Crippen LogP contribution >= 0.6 is 0 Å². The van der Waals surface area contributed by atoms with Gasteiger partial charge in [0.05, 0.1) is 11.4 Å². The first-order valence-electron chi connectivity index (χ1n) is 4.54. The predicted molar refractivity (Wildman–Crippen MR) is 62.9 cm³/mol. The Hall–Kier alpha value is -2.23. The van der Waals surface area contributed by atoms with Gasteiger partial charge in [0.2, 0.25) is 0 Å². The van der Waals surface area contributed by atoms with Crippen LogP contribution in [0, 0.1) is 0 Å². The van der Waals surface area contributed by atoms with Gasteiger partial charge in [-0.3, -0.25) is 0 Å². The molecule has 0 bridgehead atoms. The summed E-state index contributed by atoms with van der Waals surface area (Å²) < 4.78 is 0. The van der Waals surface area contributed by atoms with Crippen molar-refractivity contribution in [1.29, 1.82) is 0 Å². The maximum atomic E-state index is 5.76. The molecule has 0 aliphatic rings. The zero-order valence-corrected chi connectivity index (χ0v) is 8.14. The molecule has 0 saturated carbocycles. The van der Waals surface area contributed by atoms with E-state index in [1.54, 1.807) is 18.3 Å². The van der Waals surface area contributed by atoms with Gasteiger partial charge < -0.3 is 17.2 Å². The largest absolute Gasteiger partial charge is 0.397 e. The van der Waals surface area contributed by atoms with E-state index in [0.717, 1.165) is 11.1 Å². The van der Waals surface area contributed by atoms with Crippen LogP contribution in [-0.4, -0.2) is 4.98 Å². The van der Waals surface area contributed by atoms with E-state index in [0.29, 0.717) is 17.2 Å². The van der Waals surface area contributed by atoms with Crippen LogP contribution in [0.15, 0.2) is 36.5 Å². The molecule has 1 heterocycles. The van der Waals surface area contributed by atoms with Crippen molar-refractivity contribution in [3.05, 3.63) is 36.5 Å². The van der Waals surface area contributed by atoms with Crippen molar-refractivity contribution in [1.82, 2.24) is 4.98 Å². The Morgan fingerprint density at radius 2 is 1.73 bits per heavy atom. The molecule has 0 aliphatic heterocycles. The Kier molecular flexibility index (Phi) is 2.17. The highest BCUT2D eigenvalue weighted by molar-refractivity contribution is 5.79. The fraction of sp³-hybridized carbons (Fsp3) is 0. The lowest BCUT2D eigenvalue weighted by atomic mass is 10.1. The van der Waals surface area contributed by atoms with Crippen molar-refractivity contribution >= 4 is 17.2 Å². The van der Waals surface area contributed by atoms with Crippen LogP contribution in [0.4, 0.5) is 17.2 Å². The lowest BCUT2D eigenvalue weighted by Gasteiger charge is -2.06. The number of hydrogen-bond acceptors (Lipinski definition) is 4. The topological polar surface area (TPSA) is 90.9 Å². The normalized spacial score (nSPS) is 10.1. The molecule has 76 valence electrons. The number of pyridine rings is 1. The van der Waals surface area contributed by atoms with Crippen LogP contribution in [0.3, 0.4) is 0 Å². The van der Waals surface area contributed by atoms with Crippen LogP contribution in [-0.2, 0) is 0 Å². The van der Waals surface area contributed by atoms with Crippen molar-refractivity contribution in [3.8, 4) is 11.1 Å². The zero-order valence-electron chi connectivity index (χ0n) is 8.14. The lowest BCUT2D eigenvalue weighted by Crippen LogP contribution is -1.96. The Bertz CT molecular complexity index is 494.